The maximum atomic E-state index is 12.8. The molecule has 26 heavy (non-hydrogen) atoms. The van der Waals surface area contributed by atoms with Crippen molar-refractivity contribution >= 4 is 11.6 Å². The van der Waals surface area contributed by atoms with E-state index in [4.69, 9.17) is 10.5 Å². The molecular formula is C20H30FN3O2. The van der Waals surface area contributed by atoms with Crippen molar-refractivity contribution in [2.75, 3.05) is 45.2 Å². The van der Waals surface area contributed by atoms with Crippen LogP contribution in [0.4, 0.5) is 10.1 Å². The summed E-state index contributed by atoms with van der Waals surface area (Å²) in [6.07, 6.45) is 4.59. The first-order valence-electron chi connectivity index (χ1n) is 9.77. The Morgan fingerprint density at radius 1 is 1.42 bits per heavy atom. The maximum absolute atomic E-state index is 12.8. The van der Waals surface area contributed by atoms with Crippen LogP contribution in [0.3, 0.4) is 0 Å². The van der Waals surface area contributed by atoms with Crippen LogP contribution < -0.4 is 15.8 Å². The normalized spacial score (nSPS) is 18.2. The number of halogens is 1. The van der Waals surface area contributed by atoms with Gasteiger partial charge in [-0.3, -0.25) is 4.79 Å². The molecule has 6 heteroatoms. The second-order valence-electron chi connectivity index (χ2n) is 7.29. The number of hydrogen-bond donors (Lipinski definition) is 2. The summed E-state index contributed by atoms with van der Waals surface area (Å²) < 4.78 is 18.2. The Morgan fingerprint density at radius 3 is 2.88 bits per heavy atom. The molecule has 0 radical (unpaired) electrons. The molecule has 0 spiro atoms. The molecule has 1 fully saturated rings. The van der Waals surface area contributed by atoms with Gasteiger partial charge in [-0.1, -0.05) is 6.92 Å². The molecule has 0 saturated carbocycles. The highest BCUT2D eigenvalue weighted by molar-refractivity contribution is 5.98. The Labute approximate surface area is 155 Å². The number of nitrogens with zero attached hydrogens (tertiary/aromatic N) is 1. The fourth-order valence-corrected chi connectivity index (χ4v) is 3.96. The first-order chi connectivity index (χ1) is 12.6. The van der Waals surface area contributed by atoms with Gasteiger partial charge in [-0.25, -0.2) is 4.39 Å². The van der Waals surface area contributed by atoms with Crippen LogP contribution in [0.25, 0.3) is 0 Å². The number of likely N-dealkylation sites (tertiary alicyclic amines) is 1. The summed E-state index contributed by atoms with van der Waals surface area (Å²) in [5, 5.41) is 3.08. The largest absolute Gasteiger partial charge is 0.492 e. The maximum Gasteiger partial charge on any atom is 0.255 e. The Balaban J connectivity index is 1.65. The van der Waals surface area contributed by atoms with Crippen LogP contribution in [0.5, 0.6) is 5.75 Å². The van der Waals surface area contributed by atoms with Crippen LogP contribution in [0.15, 0.2) is 6.07 Å². The molecule has 2 aliphatic rings. The second-order valence-corrected chi connectivity index (χ2v) is 7.29. The smallest absolute Gasteiger partial charge is 0.255 e. The minimum atomic E-state index is -0.288. The van der Waals surface area contributed by atoms with Crippen molar-refractivity contribution in [3.8, 4) is 5.75 Å². The number of ether oxygens (including phenoxy) is 1. The monoisotopic (exact) mass is 363 g/mol. The summed E-state index contributed by atoms with van der Waals surface area (Å²) in [4.78, 5) is 15.0. The molecule has 0 aromatic heterocycles. The molecule has 1 saturated heterocycles. The lowest BCUT2D eigenvalue weighted by atomic mass is 9.94. The van der Waals surface area contributed by atoms with Crippen molar-refractivity contribution < 1.29 is 13.9 Å². The Kier molecular flexibility index (Phi) is 6.35. The number of amides is 1. The quantitative estimate of drug-likeness (QED) is 0.763. The molecule has 2 aliphatic heterocycles. The second kappa shape index (κ2) is 8.71. The van der Waals surface area contributed by atoms with Crippen LogP contribution in [0, 0.1) is 5.92 Å². The fourth-order valence-electron chi connectivity index (χ4n) is 3.96. The molecule has 0 atom stereocenters. The number of nitrogen functional groups attached to an aromatic ring is 1. The third-order valence-electron chi connectivity index (χ3n) is 5.61. The average Bonchev–Trinajstić information content (AvgIpc) is 2.68. The number of anilines is 1. The van der Waals surface area contributed by atoms with E-state index in [9.17, 15) is 9.18 Å². The topological polar surface area (TPSA) is 67.6 Å². The Hall–Kier alpha value is -1.82. The Bertz CT molecular complexity index is 642. The predicted octanol–water partition coefficient (Wildman–Crippen LogP) is 2.57. The van der Waals surface area contributed by atoms with Crippen LogP contribution >= 0.6 is 0 Å². The lowest BCUT2D eigenvalue weighted by Crippen LogP contribution is -2.39. The van der Waals surface area contributed by atoms with Crippen molar-refractivity contribution in [1.82, 2.24) is 10.2 Å². The zero-order chi connectivity index (χ0) is 18.5. The van der Waals surface area contributed by atoms with E-state index in [-0.39, 0.29) is 12.6 Å². The fraction of sp³-hybridized carbons (Fsp3) is 0.650. The van der Waals surface area contributed by atoms with E-state index in [0.717, 1.165) is 62.0 Å². The van der Waals surface area contributed by atoms with Gasteiger partial charge in [0.1, 0.15) is 12.4 Å². The van der Waals surface area contributed by atoms with E-state index in [0.29, 0.717) is 36.9 Å². The molecule has 0 aliphatic carbocycles. The molecule has 2 heterocycles. The van der Waals surface area contributed by atoms with Gasteiger partial charge in [0.25, 0.3) is 5.91 Å². The van der Waals surface area contributed by atoms with Crippen molar-refractivity contribution in [2.24, 2.45) is 5.92 Å². The van der Waals surface area contributed by atoms with Gasteiger partial charge in [0.05, 0.1) is 12.2 Å². The highest BCUT2D eigenvalue weighted by Gasteiger charge is 2.25. The summed E-state index contributed by atoms with van der Waals surface area (Å²) in [6.45, 7) is 5.38. The summed E-state index contributed by atoms with van der Waals surface area (Å²) in [6, 6.07) is 1.89. The van der Waals surface area contributed by atoms with Gasteiger partial charge in [0.15, 0.2) is 0 Å². The number of piperidine rings is 1. The van der Waals surface area contributed by atoms with E-state index in [1.165, 1.54) is 0 Å². The third kappa shape index (κ3) is 4.11. The van der Waals surface area contributed by atoms with Gasteiger partial charge in [-0.05, 0) is 62.7 Å². The number of nitrogens with two attached hydrogens (primary N) is 1. The minimum absolute atomic E-state index is 0.0796. The van der Waals surface area contributed by atoms with E-state index in [2.05, 4.69) is 17.1 Å². The number of carbonyl (C=O) groups is 1. The van der Waals surface area contributed by atoms with Crippen molar-refractivity contribution in [1.29, 1.82) is 0 Å². The molecule has 3 rings (SSSR count). The van der Waals surface area contributed by atoms with E-state index in [1.807, 2.05) is 6.07 Å². The van der Waals surface area contributed by atoms with Crippen LogP contribution in [-0.4, -0.2) is 50.3 Å². The molecular weight excluding hydrogens is 333 g/mol. The molecule has 5 nitrogen and oxygen atoms in total. The molecule has 144 valence electrons. The molecule has 0 unspecified atom stereocenters. The standard InChI is InChI=1S/C20H30FN3O2/c1-2-15-12-17(19-16(18(15)22)4-3-11-26-19)20(25)23-13-14-5-8-24(9-6-14)10-7-21/h12,14H,2-11,13,22H2,1H3,(H,23,25). The minimum Gasteiger partial charge on any atom is -0.492 e. The van der Waals surface area contributed by atoms with Crippen molar-refractivity contribution in [3.05, 3.63) is 22.8 Å². The predicted molar refractivity (Wildman–Crippen MR) is 102 cm³/mol. The lowest BCUT2D eigenvalue weighted by Gasteiger charge is -2.31. The van der Waals surface area contributed by atoms with Gasteiger partial charge in [-0.15, -0.1) is 0 Å². The molecule has 0 bridgehead atoms. The van der Waals surface area contributed by atoms with Gasteiger partial charge in [0, 0.05) is 24.3 Å². The van der Waals surface area contributed by atoms with Crippen LogP contribution in [0.2, 0.25) is 0 Å². The molecule has 1 amide bonds. The van der Waals surface area contributed by atoms with E-state index < -0.39 is 0 Å². The number of rotatable bonds is 6. The zero-order valence-electron chi connectivity index (χ0n) is 15.7. The number of benzene rings is 1. The van der Waals surface area contributed by atoms with Gasteiger partial charge < -0.3 is 20.7 Å². The zero-order valence-corrected chi connectivity index (χ0v) is 15.7. The van der Waals surface area contributed by atoms with Crippen LogP contribution in [0.1, 0.15) is 47.7 Å². The van der Waals surface area contributed by atoms with Crippen molar-refractivity contribution in [3.63, 3.8) is 0 Å². The number of nitrogens with one attached hydrogen (secondary N) is 1. The number of fused-ring (bicyclic) bond motifs is 1. The van der Waals surface area contributed by atoms with E-state index >= 15 is 0 Å². The third-order valence-corrected chi connectivity index (χ3v) is 5.61. The highest BCUT2D eigenvalue weighted by Crippen LogP contribution is 2.36. The summed E-state index contributed by atoms with van der Waals surface area (Å²) >= 11 is 0. The van der Waals surface area contributed by atoms with E-state index in [1.54, 1.807) is 0 Å². The van der Waals surface area contributed by atoms with Crippen molar-refractivity contribution in [2.45, 2.75) is 39.0 Å². The van der Waals surface area contributed by atoms with Crippen LogP contribution in [-0.2, 0) is 12.8 Å². The average molecular weight is 363 g/mol. The van der Waals surface area contributed by atoms with Gasteiger partial charge in [0.2, 0.25) is 0 Å². The van der Waals surface area contributed by atoms with Gasteiger partial charge in [-0.2, -0.15) is 0 Å². The number of carbonyl (C=O) groups excluding carboxylic acids is 1. The summed E-state index contributed by atoms with van der Waals surface area (Å²) in [7, 11) is 0. The summed E-state index contributed by atoms with van der Waals surface area (Å²) in [5.41, 5.74) is 9.66. The summed E-state index contributed by atoms with van der Waals surface area (Å²) in [5.74, 6) is 1.04. The van der Waals surface area contributed by atoms with Gasteiger partial charge >= 0.3 is 0 Å². The molecule has 3 N–H and O–H groups in total. The molecule has 1 aromatic rings. The first-order valence-corrected chi connectivity index (χ1v) is 9.77. The molecule has 1 aromatic carbocycles. The lowest BCUT2D eigenvalue weighted by molar-refractivity contribution is 0.0930. The Morgan fingerprint density at radius 2 is 2.19 bits per heavy atom. The number of hydrogen-bond acceptors (Lipinski definition) is 4. The SMILES string of the molecule is CCc1cc(C(=O)NCC2CCN(CCF)CC2)c2c(c1N)CCCO2. The number of aryl methyl sites for hydroxylation is 1. The first kappa shape index (κ1) is 19.0. The highest BCUT2D eigenvalue weighted by atomic mass is 19.1. The number of alkyl halides is 1.